The summed E-state index contributed by atoms with van der Waals surface area (Å²) in [5.41, 5.74) is 0.853. The number of likely N-dealkylation sites (tertiary alicyclic amines) is 1. The third kappa shape index (κ3) is 3.97. The van der Waals surface area contributed by atoms with E-state index in [1.807, 2.05) is 13.1 Å². The van der Waals surface area contributed by atoms with Crippen molar-refractivity contribution in [3.05, 3.63) is 34.6 Å². The molecule has 0 spiro atoms. The summed E-state index contributed by atoms with van der Waals surface area (Å²) in [6, 6.07) is 4.79. The molecule has 2 aliphatic rings. The van der Waals surface area contributed by atoms with Crippen molar-refractivity contribution in [1.29, 1.82) is 0 Å². The number of carbonyl (C=O) groups excluding carboxylic acids is 1. The van der Waals surface area contributed by atoms with E-state index in [0.29, 0.717) is 0 Å². The summed E-state index contributed by atoms with van der Waals surface area (Å²) in [6.45, 7) is 1.77. The van der Waals surface area contributed by atoms with Crippen molar-refractivity contribution in [1.82, 2.24) is 15.5 Å². The molecule has 2 fully saturated rings. The molecule has 2 aliphatic heterocycles. The zero-order chi connectivity index (χ0) is 15.7. The van der Waals surface area contributed by atoms with E-state index in [2.05, 4.69) is 15.5 Å². The SMILES string of the molecule is CN1CCC(NC(=O)C2CCCN2)C1c1ccc(Cl)c(F)c1.Cl. The van der Waals surface area contributed by atoms with Gasteiger partial charge in [-0.3, -0.25) is 9.69 Å². The third-order valence-corrected chi connectivity index (χ3v) is 4.94. The highest BCUT2D eigenvalue weighted by atomic mass is 35.5. The zero-order valence-corrected chi connectivity index (χ0v) is 14.6. The van der Waals surface area contributed by atoms with Gasteiger partial charge in [-0.25, -0.2) is 4.39 Å². The standard InChI is InChI=1S/C16H21ClFN3O.ClH/c1-21-8-6-13(20-16(22)14-3-2-7-19-14)15(21)10-4-5-11(17)12(18)9-10;/h4-5,9,13-15,19H,2-3,6-8H2,1H3,(H,20,22);1H. The van der Waals surface area contributed by atoms with E-state index in [1.165, 1.54) is 6.07 Å². The molecule has 2 saturated heterocycles. The zero-order valence-electron chi connectivity index (χ0n) is 13.0. The highest BCUT2D eigenvalue weighted by molar-refractivity contribution is 6.30. The second-order valence-electron chi connectivity index (χ2n) is 6.15. The molecule has 0 radical (unpaired) electrons. The van der Waals surface area contributed by atoms with Crippen molar-refractivity contribution in [3.8, 4) is 0 Å². The number of halogens is 3. The second-order valence-corrected chi connectivity index (χ2v) is 6.56. The van der Waals surface area contributed by atoms with Crippen LogP contribution in [0, 0.1) is 5.82 Å². The summed E-state index contributed by atoms with van der Waals surface area (Å²) in [6.07, 6.45) is 2.78. The van der Waals surface area contributed by atoms with Gasteiger partial charge in [0.2, 0.25) is 5.91 Å². The molecule has 0 aliphatic carbocycles. The molecular weight excluding hydrogens is 340 g/mol. The Bertz CT molecular complexity index is 566. The molecule has 3 atom stereocenters. The van der Waals surface area contributed by atoms with E-state index in [4.69, 9.17) is 11.6 Å². The van der Waals surface area contributed by atoms with Crippen LogP contribution < -0.4 is 10.6 Å². The lowest BCUT2D eigenvalue weighted by Crippen LogP contribution is -2.46. The number of amides is 1. The maximum atomic E-state index is 13.7. The fraction of sp³-hybridized carbons (Fsp3) is 0.562. The average molecular weight is 362 g/mol. The van der Waals surface area contributed by atoms with Crippen molar-refractivity contribution < 1.29 is 9.18 Å². The second kappa shape index (κ2) is 7.79. The Morgan fingerprint density at radius 3 is 2.87 bits per heavy atom. The molecule has 0 bridgehead atoms. The minimum absolute atomic E-state index is 0. The van der Waals surface area contributed by atoms with E-state index in [-0.39, 0.29) is 41.5 Å². The van der Waals surface area contributed by atoms with Gasteiger partial charge in [-0.1, -0.05) is 17.7 Å². The van der Waals surface area contributed by atoms with E-state index in [1.54, 1.807) is 6.07 Å². The number of benzene rings is 1. The molecule has 23 heavy (non-hydrogen) atoms. The molecular formula is C16H22Cl2FN3O. The first-order valence-corrected chi connectivity index (χ1v) is 8.13. The number of nitrogens with zero attached hydrogens (tertiary/aromatic N) is 1. The predicted octanol–water partition coefficient (Wildman–Crippen LogP) is 2.51. The van der Waals surface area contributed by atoms with E-state index in [0.717, 1.165) is 37.9 Å². The van der Waals surface area contributed by atoms with Crippen molar-refractivity contribution >= 4 is 29.9 Å². The van der Waals surface area contributed by atoms with Crippen LogP contribution in [0.1, 0.15) is 30.9 Å². The van der Waals surface area contributed by atoms with Crippen LogP contribution in [0.25, 0.3) is 0 Å². The van der Waals surface area contributed by atoms with Crippen molar-refractivity contribution in [2.24, 2.45) is 0 Å². The molecule has 2 heterocycles. The van der Waals surface area contributed by atoms with E-state index < -0.39 is 5.82 Å². The van der Waals surface area contributed by atoms with Crippen molar-refractivity contribution in [3.63, 3.8) is 0 Å². The number of likely N-dealkylation sites (N-methyl/N-ethyl adjacent to an activating group) is 1. The molecule has 128 valence electrons. The predicted molar refractivity (Wildman–Crippen MR) is 91.6 cm³/mol. The van der Waals surface area contributed by atoms with Crippen molar-refractivity contribution in [2.45, 2.75) is 37.4 Å². The van der Waals surface area contributed by atoms with Crippen LogP contribution in [0.4, 0.5) is 4.39 Å². The Kier molecular flexibility index (Phi) is 6.26. The van der Waals surface area contributed by atoms with Gasteiger partial charge in [0, 0.05) is 12.6 Å². The Labute approximate surface area is 147 Å². The molecule has 1 aromatic carbocycles. The molecule has 0 saturated carbocycles. The number of rotatable bonds is 3. The third-order valence-electron chi connectivity index (χ3n) is 4.64. The molecule has 4 nitrogen and oxygen atoms in total. The molecule has 1 amide bonds. The van der Waals surface area contributed by atoms with Crippen LogP contribution in [0.2, 0.25) is 5.02 Å². The van der Waals surface area contributed by atoms with Gasteiger partial charge in [0.1, 0.15) is 5.82 Å². The van der Waals surface area contributed by atoms with Crippen molar-refractivity contribution in [2.75, 3.05) is 20.1 Å². The summed E-state index contributed by atoms with van der Waals surface area (Å²) in [4.78, 5) is 14.5. The lowest BCUT2D eigenvalue weighted by Gasteiger charge is -2.27. The van der Waals surface area contributed by atoms with Crippen LogP contribution in [-0.4, -0.2) is 43.0 Å². The molecule has 0 aromatic heterocycles. The van der Waals surface area contributed by atoms with Gasteiger partial charge in [-0.05, 0) is 50.6 Å². The van der Waals surface area contributed by atoms with Gasteiger partial charge in [-0.2, -0.15) is 0 Å². The number of nitrogens with one attached hydrogen (secondary N) is 2. The molecule has 3 rings (SSSR count). The van der Waals surface area contributed by atoms with Gasteiger partial charge in [0.05, 0.1) is 17.1 Å². The van der Waals surface area contributed by atoms with Gasteiger partial charge in [0.25, 0.3) is 0 Å². The Hall–Kier alpha value is -0.880. The maximum absolute atomic E-state index is 13.7. The smallest absolute Gasteiger partial charge is 0.237 e. The van der Waals surface area contributed by atoms with E-state index in [9.17, 15) is 9.18 Å². The normalized spacial score (nSPS) is 27.7. The summed E-state index contributed by atoms with van der Waals surface area (Å²) < 4.78 is 13.7. The largest absolute Gasteiger partial charge is 0.350 e. The molecule has 7 heteroatoms. The first-order valence-electron chi connectivity index (χ1n) is 7.75. The van der Waals surface area contributed by atoms with Gasteiger partial charge in [-0.15, -0.1) is 12.4 Å². The van der Waals surface area contributed by atoms with Gasteiger partial charge in [0.15, 0.2) is 0 Å². The van der Waals surface area contributed by atoms with Crippen LogP contribution in [0.5, 0.6) is 0 Å². The lowest BCUT2D eigenvalue weighted by molar-refractivity contribution is -0.123. The van der Waals surface area contributed by atoms with Crippen LogP contribution >= 0.6 is 24.0 Å². The van der Waals surface area contributed by atoms with Crippen LogP contribution in [-0.2, 0) is 4.79 Å². The highest BCUT2D eigenvalue weighted by Gasteiger charge is 2.35. The fourth-order valence-electron chi connectivity index (χ4n) is 3.47. The first-order chi connectivity index (χ1) is 10.6. The molecule has 2 N–H and O–H groups in total. The average Bonchev–Trinajstić information content (AvgIpc) is 3.13. The monoisotopic (exact) mass is 361 g/mol. The Balaban J connectivity index is 0.00000192. The number of carbonyl (C=O) groups is 1. The molecule has 1 aromatic rings. The van der Waals surface area contributed by atoms with Gasteiger partial charge < -0.3 is 10.6 Å². The minimum atomic E-state index is -0.415. The van der Waals surface area contributed by atoms with Crippen LogP contribution in [0.3, 0.4) is 0 Å². The highest BCUT2D eigenvalue weighted by Crippen LogP contribution is 2.32. The van der Waals surface area contributed by atoms with Crippen LogP contribution in [0.15, 0.2) is 18.2 Å². The van der Waals surface area contributed by atoms with Gasteiger partial charge >= 0.3 is 0 Å². The Morgan fingerprint density at radius 2 is 2.22 bits per heavy atom. The maximum Gasteiger partial charge on any atom is 0.237 e. The summed E-state index contributed by atoms with van der Waals surface area (Å²) in [5.74, 6) is -0.362. The lowest BCUT2D eigenvalue weighted by atomic mass is 9.99. The quantitative estimate of drug-likeness (QED) is 0.869. The topological polar surface area (TPSA) is 44.4 Å². The first kappa shape index (κ1) is 18.5. The number of hydrogen-bond acceptors (Lipinski definition) is 3. The minimum Gasteiger partial charge on any atom is -0.350 e. The molecule has 3 unspecified atom stereocenters. The summed E-state index contributed by atoms with van der Waals surface area (Å²) >= 11 is 5.76. The van der Waals surface area contributed by atoms with E-state index >= 15 is 0 Å². The fourth-order valence-corrected chi connectivity index (χ4v) is 3.59. The summed E-state index contributed by atoms with van der Waals surface area (Å²) in [5, 5.41) is 6.47. The summed E-state index contributed by atoms with van der Waals surface area (Å²) in [7, 11) is 2.00. The Morgan fingerprint density at radius 1 is 1.43 bits per heavy atom. The number of hydrogen-bond donors (Lipinski definition) is 2.